The summed E-state index contributed by atoms with van der Waals surface area (Å²) in [6.07, 6.45) is 1.57. The van der Waals surface area contributed by atoms with Crippen LogP contribution >= 0.6 is 35.0 Å². The Morgan fingerprint density at radius 2 is 1.73 bits per heavy atom. The summed E-state index contributed by atoms with van der Waals surface area (Å²) in [7, 11) is 0. The lowest BCUT2D eigenvalue weighted by atomic mass is 10.1. The highest BCUT2D eigenvalue weighted by Crippen LogP contribution is 2.39. The van der Waals surface area contributed by atoms with Crippen LogP contribution < -0.4 is 19.5 Å². The first-order chi connectivity index (χ1) is 19.6. The van der Waals surface area contributed by atoms with Gasteiger partial charge in [0, 0.05) is 10.7 Å². The molecule has 1 aliphatic heterocycles. The quantitative estimate of drug-likeness (QED) is 0.229. The van der Waals surface area contributed by atoms with Gasteiger partial charge in [-0.25, -0.2) is 0 Å². The van der Waals surface area contributed by atoms with Gasteiger partial charge in [0.15, 0.2) is 18.1 Å². The molecule has 11 heteroatoms. The number of thioether (sulfide) groups is 1. The van der Waals surface area contributed by atoms with Crippen molar-refractivity contribution in [2.75, 3.05) is 31.7 Å². The minimum atomic E-state index is -0.421. The lowest BCUT2D eigenvalue weighted by Crippen LogP contribution is -2.32. The summed E-state index contributed by atoms with van der Waals surface area (Å²) in [6, 6.07) is 15.9. The molecule has 1 saturated heterocycles. The van der Waals surface area contributed by atoms with Crippen LogP contribution in [0.25, 0.3) is 6.08 Å². The summed E-state index contributed by atoms with van der Waals surface area (Å²) in [4.78, 5) is 39.3. The fraction of sp³-hybridized carbons (Fsp3) is 0.233. The van der Waals surface area contributed by atoms with Crippen LogP contribution in [0.2, 0.25) is 10.0 Å². The number of halogens is 2. The molecule has 1 fully saturated rings. The number of hydrogen-bond donors (Lipinski definition) is 1. The fourth-order valence-corrected chi connectivity index (χ4v) is 5.13. The molecule has 1 N–H and O–H groups in total. The Bertz CT molecular complexity index is 1490. The van der Waals surface area contributed by atoms with Gasteiger partial charge >= 0.3 is 0 Å². The molecular formula is C30H28Cl2N2O6S. The molecular weight excluding hydrogens is 587 g/mol. The van der Waals surface area contributed by atoms with Gasteiger partial charge in [-0.15, -0.1) is 0 Å². The highest BCUT2D eigenvalue weighted by Gasteiger charge is 2.35. The molecule has 0 saturated carbocycles. The van der Waals surface area contributed by atoms with Crippen molar-refractivity contribution >= 4 is 63.8 Å². The molecule has 0 radical (unpaired) electrons. The maximum atomic E-state index is 13.0. The molecule has 3 aromatic carbocycles. The molecule has 0 unspecified atom stereocenters. The highest BCUT2D eigenvalue weighted by atomic mass is 35.5. The summed E-state index contributed by atoms with van der Waals surface area (Å²) in [5.74, 6) is 0.310. The lowest BCUT2D eigenvalue weighted by molar-refractivity contribution is -0.123. The predicted molar refractivity (Wildman–Crippen MR) is 162 cm³/mol. The molecule has 0 spiro atoms. The first-order valence-corrected chi connectivity index (χ1v) is 14.3. The van der Waals surface area contributed by atoms with E-state index in [1.54, 1.807) is 43.3 Å². The standard InChI is InChI=1S/C30H28Cl2N2O6S/c1-4-38-25-14-20(13-24(32)28(25)40-17-27(35)33-21-8-7-19(3)23(31)16-21)15-26-29(36)34(30(37)41-26)11-12-39-22-9-5-18(2)6-10-22/h5-10,13-16H,4,11-12,17H2,1-3H3,(H,33,35)/b26-15-. The second-order valence-corrected chi connectivity index (χ2v) is 10.9. The molecule has 3 amide bonds. The van der Waals surface area contributed by atoms with Crippen molar-refractivity contribution in [1.29, 1.82) is 0 Å². The van der Waals surface area contributed by atoms with Gasteiger partial charge in [0.05, 0.1) is 23.1 Å². The van der Waals surface area contributed by atoms with Gasteiger partial charge < -0.3 is 19.5 Å². The van der Waals surface area contributed by atoms with Crippen LogP contribution in [0.3, 0.4) is 0 Å². The number of carbonyl (C=O) groups excluding carboxylic acids is 3. The lowest BCUT2D eigenvalue weighted by Gasteiger charge is -2.15. The summed E-state index contributed by atoms with van der Waals surface area (Å²) in [5.41, 5.74) is 3.07. The number of carbonyl (C=O) groups is 3. The van der Waals surface area contributed by atoms with Crippen LogP contribution in [-0.4, -0.2) is 48.3 Å². The minimum absolute atomic E-state index is 0.116. The number of benzene rings is 3. The molecule has 214 valence electrons. The number of nitrogens with one attached hydrogen (secondary N) is 1. The van der Waals surface area contributed by atoms with E-state index in [1.165, 1.54) is 0 Å². The van der Waals surface area contributed by atoms with Gasteiger partial charge in [-0.05, 0) is 86.1 Å². The second-order valence-electron chi connectivity index (χ2n) is 9.06. The van der Waals surface area contributed by atoms with Crippen molar-refractivity contribution < 1.29 is 28.6 Å². The fourth-order valence-electron chi connectivity index (χ4n) is 3.81. The van der Waals surface area contributed by atoms with Crippen molar-refractivity contribution in [2.45, 2.75) is 20.8 Å². The van der Waals surface area contributed by atoms with E-state index in [4.69, 9.17) is 37.4 Å². The average Bonchev–Trinajstić information content (AvgIpc) is 3.19. The molecule has 1 heterocycles. The molecule has 1 aliphatic rings. The molecule has 3 aromatic rings. The normalized spacial score (nSPS) is 14.0. The summed E-state index contributed by atoms with van der Waals surface area (Å²) < 4.78 is 17.1. The van der Waals surface area contributed by atoms with Crippen molar-refractivity contribution in [1.82, 2.24) is 4.90 Å². The molecule has 0 aromatic heterocycles. The number of ether oxygens (including phenoxy) is 3. The third-order valence-corrected chi connectivity index (χ3v) is 7.51. The van der Waals surface area contributed by atoms with Crippen LogP contribution in [0.4, 0.5) is 10.5 Å². The number of amides is 3. The molecule has 0 atom stereocenters. The van der Waals surface area contributed by atoms with E-state index < -0.39 is 11.8 Å². The topological polar surface area (TPSA) is 94.2 Å². The van der Waals surface area contributed by atoms with E-state index in [2.05, 4.69) is 5.32 Å². The first kappa shape index (κ1) is 30.3. The molecule has 4 rings (SSSR count). The molecule has 41 heavy (non-hydrogen) atoms. The van der Waals surface area contributed by atoms with E-state index >= 15 is 0 Å². The van der Waals surface area contributed by atoms with E-state index in [1.807, 2.05) is 38.1 Å². The van der Waals surface area contributed by atoms with Gasteiger partial charge in [-0.1, -0.05) is 47.0 Å². The average molecular weight is 616 g/mol. The van der Waals surface area contributed by atoms with Gasteiger partial charge in [0.2, 0.25) is 0 Å². The number of hydrogen-bond acceptors (Lipinski definition) is 7. The van der Waals surface area contributed by atoms with E-state index in [9.17, 15) is 14.4 Å². The summed E-state index contributed by atoms with van der Waals surface area (Å²) >= 11 is 13.5. The van der Waals surface area contributed by atoms with Crippen LogP contribution in [-0.2, 0) is 9.59 Å². The number of rotatable bonds is 11. The predicted octanol–water partition coefficient (Wildman–Crippen LogP) is 7.14. The van der Waals surface area contributed by atoms with Crippen LogP contribution in [0, 0.1) is 13.8 Å². The molecule has 8 nitrogen and oxygen atoms in total. The van der Waals surface area contributed by atoms with Crippen molar-refractivity contribution in [3.8, 4) is 17.2 Å². The number of imide groups is 1. The van der Waals surface area contributed by atoms with E-state index in [0.717, 1.165) is 27.8 Å². The number of anilines is 1. The van der Waals surface area contributed by atoms with Gasteiger partial charge in [0.25, 0.3) is 17.1 Å². The van der Waals surface area contributed by atoms with Crippen molar-refractivity contribution in [3.63, 3.8) is 0 Å². The Labute approximate surface area is 252 Å². The number of aryl methyl sites for hydroxylation is 2. The zero-order valence-electron chi connectivity index (χ0n) is 22.7. The smallest absolute Gasteiger partial charge is 0.293 e. The zero-order chi connectivity index (χ0) is 29.5. The second kappa shape index (κ2) is 13.8. The van der Waals surface area contributed by atoms with Crippen LogP contribution in [0.15, 0.2) is 59.5 Å². The van der Waals surface area contributed by atoms with Crippen molar-refractivity contribution in [3.05, 3.63) is 86.2 Å². The van der Waals surface area contributed by atoms with Gasteiger partial charge in [0.1, 0.15) is 12.4 Å². The summed E-state index contributed by atoms with van der Waals surface area (Å²) in [5, 5.41) is 3.05. The third kappa shape index (κ3) is 7.97. The van der Waals surface area contributed by atoms with Gasteiger partial charge in [-0.3, -0.25) is 19.3 Å². The Kier molecular flexibility index (Phi) is 10.2. The van der Waals surface area contributed by atoms with Crippen LogP contribution in [0.1, 0.15) is 23.6 Å². The third-order valence-electron chi connectivity index (χ3n) is 5.91. The monoisotopic (exact) mass is 614 g/mol. The Hall–Kier alpha value is -3.66. The number of nitrogens with zero attached hydrogens (tertiary/aromatic N) is 1. The van der Waals surface area contributed by atoms with Crippen molar-refractivity contribution in [2.24, 2.45) is 0 Å². The first-order valence-electron chi connectivity index (χ1n) is 12.7. The van der Waals surface area contributed by atoms with E-state index in [0.29, 0.717) is 34.4 Å². The SMILES string of the molecule is CCOc1cc(/C=C2\SC(=O)N(CCOc3ccc(C)cc3)C2=O)cc(Cl)c1OCC(=O)Nc1ccc(C)c(Cl)c1. The van der Waals surface area contributed by atoms with Crippen LogP contribution in [0.5, 0.6) is 17.2 Å². The van der Waals surface area contributed by atoms with E-state index in [-0.39, 0.29) is 40.7 Å². The summed E-state index contributed by atoms with van der Waals surface area (Å²) in [6.45, 7) is 5.91. The highest BCUT2D eigenvalue weighted by molar-refractivity contribution is 8.18. The van der Waals surface area contributed by atoms with Gasteiger partial charge in [-0.2, -0.15) is 0 Å². The molecule has 0 bridgehead atoms. The zero-order valence-corrected chi connectivity index (χ0v) is 25.0. The minimum Gasteiger partial charge on any atom is -0.492 e. The maximum Gasteiger partial charge on any atom is 0.293 e. The maximum absolute atomic E-state index is 13.0. The Morgan fingerprint density at radius 3 is 2.44 bits per heavy atom. The molecule has 0 aliphatic carbocycles. The Morgan fingerprint density at radius 1 is 0.976 bits per heavy atom. The Balaban J connectivity index is 1.41. The largest absolute Gasteiger partial charge is 0.492 e.